The van der Waals surface area contributed by atoms with Gasteiger partial charge in [0.05, 0.1) is 38.0 Å². The first-order chi connectivity index (χ1) is 12.1. The van der Waals surface area contributed by atoms with E-state index in [1.165, 1.54) is 16.7 Å². The van der Waals surface area contributed by atoms with E-state index in [1.807, 2.05) is 12.1 Å². The number of H-pyrrole nitrogens is 1. The number of amides is 1. The van der Waals surface area contributed by atoms with Gasteiger partial charge in [0.1, 0.15) is 11.5 Å². The molecule has 0 aliphatic carbocycles. The largest absolute Gasteiger partial charge is 0.497 e. The van der Waals surface area contributed by atoms with Crippen molar-refractivity contribution in [2.75, 3.05) is 33.6 Å². The molecule has 0 aliphatic rings. The Bertz CT molecular complexity index is 771. The van der Waals surface area contributed by atoms with Gasteiger partial charge in [-0.3, -0.25) is 9.89 Å². The van der Waals surface area contributed by atoms with Gasteiger partial charge in [-0.05, 0) is 12.1 Å². The van der Waals surface area contributed by atoms with E-state index in [-0.39, 0.29) is 11.7 Å². The molecule has 0 radical (unpaired) electrons. The Hall–Kier alpha value is -2.73. The highest BCUT2D eigenvalue weighted by Gasteiger charge is 2.14. The molecule has 9 heteroatoms. The number of benzene rings is 1. The molecule has 0 bridgehead atoms. The van der Waals surface area contributed by atoms with Gasteiger partial charge in [-0.15, -0.1) is 5.10 Å². The van der Waals surface area contributed by atoms with Gasteiger partial charge >= 0.3 is 0 Å². The van der Waals surface area contributed by atoms with Gasteiger partial charge < -0.3 is 14.4 Å². The number of hydrogen-bond acceptors (Lipinski definition) is 7. The molecule has 8 nitrogen and oxygen atoms in total. The number of nitrogens with one attached hydrogen (secondary N) is 1. The first kappa shape index (κ1) is 18.6. The predicted octanol–water partition coefficient (Wildman–Crippen LogP) is 1.95. The van der Waals surface area contributed by atoms with E-state index in [2.05, 4.69) is 15.2 Å². The summed E-state index contributed by atoms with van der Waals surface area (Å²) in [5.74, 6) is 1.97. The number of hydrogen-bond donors (Lipinski definition) is 1. The third-order valence-corrected chi connectivity index (χ3v) is 4.27. The van der Waals surface area contributed by atoms with Gasteiger partial charge in [0.25, 0.3) is 0 Å². The van der Waals surface area contributed by atoms with E-state index in [9.17, 15) is 4.79 Å². The molecule has 1 aromatic heterocycles. The average molecular weight is 361 g/mol. The number of carbonyl (C=O) groups is 1. The second-order valence-corrected chi connectivity index (χ2v) is 5.99. The summed E-state index contributed by atoms with van der Waals surface area (Å²) in [6.07, 6.45) is 0.314. The summed E-state index contributed by atoms with van der Waals surface area (Å²) in [6.45, 7) is 0.415. The van der Waals surface area contributed by atoms with E-state index in [0.29, 0.717) is 35.4 Å². The van der Waals surface area contributed by atoms with Crippen LogP contribution in [0.5, 0.6) is 11.5 Å². The minimum atomic E-state index is -0.0753. The highest BCUT2D eigenvalue weighted by molar-refractivity contribution is 7.99. The Morgan fingerprint density at radius 3 is 2.88 bits per heavy atom. The van der Waals surface area contributed by atoms with Crippen LogP contribution in [0.15, 0.2) is 23.4 Å². The molecule has 0 spiro atoms. The van der Waals surface area contributed by atoms with Crippen LogP contribution in [0, 0.1) is 11.3 Å². The zero-order valence-corrected chi connectivity index (χ0v) is 15.1. The fraction of sp³-hybridized carbons (Fsp3) is 0.375. The summed E-state index contributed by atoms with van der Waals surface area (Å²) < 4.78 is 10.5. The predicted molar refractivity (Wildman–Crippen MR) is 93.5 cm³/mol. The summed E-state index contributed by atoms with van der Waals surface area (Å²) in [6, 6.07) is 7.41. The van der Waals surface area contributed by atoms with Crippen LogP contribution in [-0.4, -0.2) is 59.6 Å². The van der Waals surface area contributed by atoms with Crippen molar-refractivity contribution in [2.45, 2.75) is 11.6 Å². The molecule has 0 saturated carbocycles. The van der Waals surface area contributed by atoms with Gasteiger partial charge in [-0.1, -0.05) is 11.8 Å². The van der Waals surface area contributed by atoms with Crippen molar-refractivity contribution in [2.24, 2.45) is 0 Å². The molecule has 0 fully saturated rings. The number of aromatic amines is 1. The molecule has 2 rings (SSSR count). The topological polar surface area (TPSA) is 104 Å². The number of carbonyl (C=O) groups excluding carboxylic acids is 1. The monoisotopic (exact) mass is 361 g/mol. The molecule has 0 aliphatic heterocycles. The van der Waals surface area contributed by atoms with Crippen molar-refractivity contribution in [1.82, 2.24) is 20.1 Å². The second kappa shape index (κ2) is 8.94. The smallest absolute Gasteiger partial charge is 0.232 e. The molecule has 1 amide bonds. The molecule has 2 aromatic rings. The van der Waals surface area contributed by atoms with Crippen LogP contribution < -0.4 is 9.47 Å². The average Bonchev–Trinajstić information content (AvgIpc) is 3.12. The maximum absolute atomic E-state index is 12.0. The minimum Gasteiger partial charge on any atom is -0.497 e. The molecule has 25 heavy (non-hydrogen) atoms. The van der Waals surface area contributed by atoms with Crippen LogP contribution in [0.1, 0.15) is 6.42 Å². The number of rotatable bonds is 8. The Balaban J connectivity index is 2.03. The standard InChI is InChI=1S/C16H19N5O3S/c1-21(8-4-7-17)14(22)10-25-16-18-15(19-20-16)12-6-5-11(23-2)9-13(12)24-3/h5-6,9H,4,8,10H2,1-3H3,(H,18,19,20). The maximum Gasteiger partial charge on any atom is 0.232 e. The maximum atomic E-state index is 12.0. The lowest BCUT2D eigenvalue weighted by molar-refractivity contribution is -0.127. The number of nitriles is 1. The highest BCUT2D eigenvalue weighted by atomic mass is 32.2. The number of thioether (sulfide) groups is 1. The zero-order valence-electron chi connectivity index (χ0n) is 14.3. The quantitative estimate of drug-likeness (QED) is 0.717. The molecule has 1 aromatic carbocycles. The normalized spacial score (nSPS) is 10.2. The van der Waals surface area contributed by atoms with Crippen molar-refractivity contribution < 1.29 is 14.3 Å². The fourth-order valence-corrected chi connectivity index (χ4v) is 2.74. The fourth-order valence-electron chi connectivity index (χ4n) is 2.00. The van der Waals surface area contributed by atoms with Crippen LogP contribution in [0.4, 0.5) is 0 Å². The Morgan fingerprint density at radius 1 is 1.40 bits per heavy atom. The molecule has 0 atom stereocenters. The van der Waals surface area contributed by atoms with E-state index < -0.39 is 0 Å². The van der Waals surface area contributed by atoms with Crippen LogP contribution in [0.25, 0.3) is 11.4 Å². The molecule has 1 N–H and O–H groups in total. The SMILES string of the molecule is COc1ccc(-c2nc(SCC(=O)N(C)CCC#N)n[nH]2)c(OC)c1. The third-order valence-electron chi connectivity index (χ3n) is 3.44. The zero-order chi connectivity index (χ0) is 18.2. The highest BCUT2D eigenvalue weighted by Crippen LogP contribution is 2.31. The van der Waals surface area contributed by atoms with E-state index in [4.69, 9.17) is 14.7 Å². The molecule has 1 heterocycles. The summed E-state index contributed by atoms with van der Waals surface area (Å²) >= 11 is 1.23. The van der Waals surface area contributed by atoms with E-state index >= 15 is 0 Å². The molecule has 132 valence electrons. The van der Waals surface area contributed by atoms with E-state index in [1.54, 1.807) is 33.4 Å². The Kier molecular flexibility index (Phi) is 6.65. The summed E-state index contributed by atoms with van der Waals surface area (Å²) in [5, 5.41) is 16.0. The molecule has 0 saturated heterocycles. The number of aromatic nitrogens is 3. The van der Waals surface area contributed by atoms with Crippen molar-refractivity contribution in [3.63, 3.8) is 0 Å². The molecular weight excluding hydrogens is 342 g/mol. The molecule has 0 unspecified atom stereocenters. The first-order valence-electron chi connectivity index (χ1n) is 7.47. The number of methoxy groups -OCH3 is 2. The summed E-state index contributed by atoms with van der Waals surface area (Å²) in [4.78, 5) is 17.9. The summed E-state index contributed by atoms with van der Waals surface area (Å²) in [5.41, 5.74) is 0.750. The second-order valence-electron chi connectivity index (χ2n) is 5.04. The van der Waals surface area contributed by atoms with Crippen LogP contribution in [0.3, 0.4) is 0 Å². The van der Waals surface area contributed by atoms with Gasteiger partial charge in [0.15, 0.2) is 5.82 Å². The van der Waals surface area contributed by atoms with Crippen LogP contribution in [0.2, 0.25) is 0 Å². The first-order valence-corrected chi connectivity index (χ1v) is 8.46. The van der Waals surface area contributed by atoms with Crippen LogP contribution >= 0.6 is 11.8 Å². The van der Waals surface area contributed by atoms with Crippen LogP contribution in [-0.2, 0) is 4.79 Å². The van der Waals surface area contributed by atoms with Crippen molar-refractivity contribution in [3.8, 4) is 29.0 Å². The summed E-state index contributed by atoms with van der Waals surface area (Å²) in [7, 11) is 4.83. The minimum absolute atomic E-state index is 0.0753. The number of ether oxygens (including phenoxy) is 2. The Labute approximate surface area is 150 Å². The lowest BCUT2D eigenvalue weighted by atomic mass is 10.2. The Morgan fingerprint density at radius 2 is 2.20 bits per heavy atom. The van der Waals surface area contributed by atoms with Gasteiger partial charge in [-0.25, -0.2) is 4.98 Å². The van der Waals surface area contributed by atoms with Gasteiger partial charge in [-0.2, -0.15) is 5.26 Å². The van der Waals surface area contributed by atoms with Gasteiger partial charge in [0.2, 0.25) is 11.1 Å². The molecular formula is C16H19N5O3S. The van der Waals surface area contributed by atoms with E-state index in [0.717, 1.165) is 5.56 Å². The van der Waals surface area contributed by atoms with Gasteiger partial charge in [0, 0.05) is 19.7 Å². The lowest BCUT2D eigenvalue weighted by Gasteiger charge is -2.14. The lowest BCUT2D eigenvalue weighted by Crippen LogP contribution is -2.29. The van der Waals surface area contributed by atoms with Crippen molar-refractivity contribution >= 4 is 17.7 Å². The third kappa shape index (κ3) is 4.87. The van der Waals surface area contributed by atoms with Crippen molar-refractivity contribution in [1.29, 1.82) is 5.26 Å². The number of nitrogens with zero attached hydrogens (tertiary/aromatic N) is 4. The van der Waals surface area contributed by atoms with Crippen molar-refractivity contribution in [3.05, 3.63) is 18.2 Å².